The zero-order valence-electron chi connectivity index (χ0n) is 18.9. The van der Waals surface area contributed by atoms with Gasteiger partial charge in [-0.05, 0) is 50.1 Å². The summed E-state index contributed by atoms with van der Waals surface area (Å²) in [4.78, 5) is 26.5. The maximum atomic E-state index is 13.4. The van der Waals surface area contributed by atoms with E-state index in [0.29, 0.717) is 47.4 Å². The van der Waals surface area contributed by atoms with Crippen molar-refractivity contribution in [3.05, 3.63) is 82.4 Å². The summed E-state index contributed by atoms with van der Waals surface area (Å²) in [6.45, 7) is 2.16. The number of allylic oxidation sites excluding steroid dienone is 1. The zero-order valence-corrected chi connectivity index (χ0v) is 18.9. The number of ether oxygens (including phenoxy) is 2. The van der Waals surface area contributed by atoms with Crippen LogP contribution in [0.25, 0.3) is 11.0 Å². The van der Waals surface area contributed by atoms with Crippen LogP contribution in [0.5, 0.6) is 0 Å². The van der Waals surface area contributed by atoms with Gasteiger partial charge in [0.25, 0.3) is 5.91 Å². The first kappa shape index (κ1) is 23.5. The van der Waals surface area contributed by atoms with Crippen molar-refractivity contribution in [2.45, 2.75) is 32.0 Å². The van der Waals surface area contributed by atoms with Crippen molar-refractivity contribution in [2.24, 2.45) is 5.92 Å². The molecule has 34 heavy (non-hydrogen) atoms. The van der Waals surface area contributed by atoms with E-state index in [0.717, 1.165) is 0 Å². The molecule has 2 aromatic carbocycles. The van der Waals surface area contributed by atoms with Crippen LogP contribution in [0.4, 0.5) is 11.4 Å². The number of fused-ring (bicyclic) bond motifs is 1. The number of para-hydroxylation sites is 3. The minimum absolute atomic E-state index is 0.0151. The molecule has 0 saturated heterocycles. The number of carbonyl (C=O) groups is 1. The highest BCUT2D eigenvalue weighted by atomic mass is 16.7. The standard InChI is InChI=1S/C26H28N2O6/c1-2-32-26-16(9-7-13-29)18(19-15-33-22-12-6-3-8-17(22)24(19)30)14-23(34-26)25(31)28-21-11-5-4-10-20(21)27/h3-6,8,10-12,14-16,18,26,29H,2,7,9,13,27H2,1H3,(H,28,31)/t16-,18+,26-/m0/s1. The van der Waals surface area contributed by atoms with Gasteiger partial charge < -0.3 is 30.0 Å². The van der Waals surface area contributed by atoms with Crippen LogP contribution >= 0.6 is 0 Å². The number of nitrogen functional groups attached to an aromatic ring is 1. The van der Waals surface area contributed by atoms with Gasteiger partial charge in [0, 0.05) is 30.6 Å². The second kappa shape index (κ2) is 10.5. The summed E-state index contributed by atoms with van der Waals surface area (Å²) in [6, 6.07) is 13.9. The number of aliphatic hydroxyl groups excluding tert-OH is 1. The van der Waals surface area contributed by atoms with Crippen LogP contribution in [0.15, 0.2) is 75.8 Å². The van der Waals surface area contributed by atoms with Gasteiger partial charge in [-0.15, -0.1) is 0 Å². The predicted octanol–water partition coefficient (Wildman–Crippen LogP) is 3.76. The van der Waals surface area contributed by atoms with E-state index in [4.69, 9.17) is 19.6 Å². The monoisotopic (exact) mass is 464 g/mol. The lowest BCUT2D eigenvalue weighted by atomic mass is 9.81. The van der Waals surface area contributed by atoms with E-state index in [-0.39, 0.29) is 23.7 Å². The average Bonchev–Trinajstić information content (AvgIpc) is 2.85. The first-order chi connectivity index (χ1) is 16.5. The van der Waals surface area contributed by atoms with Gasteiger partial charge in [0.2, 0.25) is 6.29 Å². The molecule has 3 aromatic rings. The maximum absolute atomic E-state index is 13.4. The Morgan fingerprint density at radius 3 is 2.71 bits per heavy atom. The summed E-state index contributed by atoms with van der Waals surface area (Å²) in [7, 11) is 0. The molecular formula is C26H28N2O6. The number of hydrogen-bond acceptors (Lipinski definition) is 7. The predicted molar refractivity (Wildman–Crippen MR) is 129 cm³/mol. The number of nitrogens with two attached hydrogens (primary N) is 1. The minimum atomic E-state index is -0.786. The Kier molecular flexibility index (Phi) is 7.30. The van der Waals surface area contributed by atoms with E-state index in [2.05, 4.69) is 5.32 Å². The van der Waals surface area contributed by atoms with Gasteiger partial charge in [0.15, 0.2) is 11.2 Å². The van der Waals surface area contributed by atoms with Gasteiger partial charge in [-0.25, -0.2) is 0 Å². The molecule has 178 valence electrons. The molecule has 3 atom stereocenters. The highest BCUT2D eigenvalue weighted by Gasteiger charge is 2.39. The van der Waals surface area contributed by atoms with Crippen LogP contribution in [0, 0.1) is 5.92 Å². The van der Waals surface area contributed by atoms with Crippen molar-refractivity contribution in [3.8, 4) is 0 Å². The van der Waals surface area contributed by atoms with Gasteiger partial charge in [-0.2, -0.15) is 0 Å². The molecule has 1 amide bonds. The molecule has 0 fully saturated rings. The minimum Gasteiger partial charge on any atom is -0.464 e. The number of nitrogens with one attached hydrogen (secondary N) is 1. The zero-order chi connectivity index (χ0) is 24.1. The Balaban J connectivity index is 1.77. The van der Waals surface area contributed by atoms with Crippen molar-refractivity contribution >= 4 is 28.3 Å². The van der Waals surface area contributed by atoms with E-state index in [1.807, 2.05) is 6.92 Å². The third kappa shape index (κ3) is 4.83. The molecule has 1 aliphatic heterocycles. The lowest BCUT2D eigenvalue weighted by molar-refractivity contribution is -0.165. The molecule has 4 N–H and O–H groups in total. The lowest BCUT2D eigenvalue weighted by Crippen LogP contribution is -2.38. The van der Waals surface area contributed by atoms with E-state index < -0.39 is 18.1 Å². The van der Waals surface area contributed by atoms with Gasteiger partial charge in [-0.3, -0.25) is 9.59 Å². The smallest absolute Gasteiger partial charge is 0.290 e. The average molecular weight is 465 g/mol. The molecule has 0 aliphatic carbocycles. The number of hydrogen-bond donors (Lipinski definition) is 3. The Labute approximate surface area is 197 Å². The van der Waals surface area contributed by atoms with Crippen molar-refractivity contribution in [1.29, 1.82) is 0 Å². The Bertz CT molecular complexity index is 1250. The SMILES string of the molecule is CCO[C@H]1OC(C(=O)Nc2ccccc2N)=C[C@@H](c2coc3ccccc3c2=O)[C@@H]1CCCO. The molecule has 2 heterocycles. The summed E-state index contributed by atoms with van der Waals surface area (Å²) >= 11 is 0. The molecule has 1 aromatic heterocycles. The number of benzene rings is 2. The first-order valence-electron chi connectivity index (χ1n) is 11.3. The number of amides is 1. The van der Waals surface area contributed by atoms with Gasteiger partial charge in [0.1, 0.15) is 5.58 Å². The van der Waals surface area contributed by atoms with Crippen LogP contribution in [-0.4, -0.2) is 30.5 Å². The van der Waals surface area contributed by atoms with Gasteiger partial charge in [-0.1, -0.05) is 24.3 Å². The Morgan fingerprint density at radius 2 is 1.94 bits per heavy atom. The fourth-order valence-corrected chi connectivity index (χ4v) is 4.24. The van der Waals surface area contributed by atoms with Crippen LogP contribution in [0.2, 0.25) is 0 Å². The Hall–Kier alpha value is -3.62. The topological polar surface area (TPSA) is 124 Å². The summed E-state index contributed by atoms with van der Waals surface area (Å²) < 4.78 is 17.6. The van der Waals surface area contributed by atoms with Crippen LogP contribution < -0.4 is 16.5 Å². The van der Waals surface area contributed by atoms with Crippen LogP contribution in [0.1, 0.15) is 31.2 Å². The summed E-state index contributed by atoms with van der Waals surface area (Å²) in [5.41, 5.74) is 7.54. The van der Waals surface area contributed by atoms with Crippen molar-refractivity contribution < 1.29 is 23.8 Å². The molecule has 0 unspecified atom stereocenters. The second-order valence-electron chi connectivity index (χ2n) is 8.09. The molecular weight excluding hydrogens is 436 g/mol. The molecule has 1 aliphatic rings. The third-order valence-electron chi connectivity index (χ3n) is 5.91. The summed E-state index contributed by atoms with van der Waals surface area (Å²) in [5.74, 6) is -1.31. The first-order valence-corrected chi connectivity index (χ1v) is 11.3. The lowest BCUT2D eigenvalue weighted by Gasteiger charge is -2.36. The number of rotatable bonds is 8. The Morgan fingerprint density at radius 1 is 1.18 bits per heavy atom. The number of anilines is 2. The molecule has 0 saturated carbocycles. The molecule has 0 bridgehead atoms. The molecule has 8 heteroatoms. The highest BCUT2D eigenvalue weighted by Crippen LogP contribution is 2.39. The summed E-state index contributed by atoms with van der Waals surface area (Å²) in [5, 5.41) is 12.7. The summed E-state index contributed by atoms with van der Waals surface area (Å²) in [6.07, 6.45) is 3.30. The van der Waals surface area contributed by atoms with Gasteiger partial charge in [0.05, 0.1) is 23.0 Å². The largest absolute Gasteiger partial charge is 0.464 e. The van der Waals surface area contributed by atoms with E-state index in [9.17, 15) is 14.7 Å². The van der Waals surface area contributed by atoms with Crippen molar-refractivity contribution in [3.63, 3.8) is 0 Å². The second-order valence-corrected chi connectivity index (χ2v) is 8.09. The fraction of sp³-hybridized carbons (Fsp3) is 0.308. The number of carbonyl (C=O) groups excluding carboxylic acids is 1. The molecule has 8 nitrogen and oxygen atoms in total. The maximum Gasteiger partial charge on any atom is 0.290 e. The number of aliphatic hydroxyl groups is 1. The molecule has 0 spiro atoms. The highest BCUT2D eigenvalue weighted by molar-refractivity contribution is 6.04. The molecule has 4 rings (SSSR count). The van der Waals surface area contributed by atoms with Crippen molar-refractivity contribution in [1.82, 2.24) is 0 Å². The van der Waals surface area contributed by atoms with Crippen LogP contribution in [0.3, 0.4) is 0 Å². The van der Waals surface area contributed by atoms with Crippen molar-refractivity contribution in [2.75, 3.05) is 24.3 Å². The van der Waals surface area contributed by atoms with Crippen LogP contribution in [-0.2, 0) is 14.3 Å². The van der Waals surface area contributed by atoms with E-state index >= 15 is 0 Å². The normalized spacial score (nSPS) is 19.9. The van der Waals surface area contributed by atoms with E-state index in [1.54, 1.807) is 54.6 Å². The van der Waals surface area contributed by atoms with E-state index in [1.165, 1.54) is 6.26 Å². The van der Waals surface area contributed by atoms with Gasteiger partial charge >= 0.3 is 0 Å². The fourth-order valence-electron chi connectivity index (χ4n) is 4.24. The molecule has 0 radical (unpaired) electrons. The quantitative estimate of drug-likeness (QED) is 0.434. The third-order valence-corrected chi connectivity index (χ3v) is 5.91.